The summed E-state index contributed by atoms with van der Waals surface area (Å²) in [6, 6.07) is 3.60. The van der Waals surface area contributed by atoms with E-state index in [1.165, 1.54) is 4.80 Å². The van der Waals surface area contributed by atoms with Crippen molar-refractivity contribution < 1.29 is 9.47 Å². The van der Waals surface area contributed by atoms with Gasteiger partial charge < -0.3 is 25.8 Å². The second-order valence-corrected chi connectivity index (χ2v) is 6.21. The predicted octanol–water partition coefficient (Wildman–Crippen LogP) is 0.234. The number of nitrogens with zero attached hydrogens (tertiary/aromatic N) is 5. The smallest absolute Gasteiger partial charge is 0.131 e. The monoisotopic (exact) mass is 347 g/mol. The Labute approximate surface area is 146 Å². The minimum atomic E-state index is -0.338. The average molecular weight is 347 g/mol. The number of morpholine rings is 1. The first kappa shape index (κ1) is 17.6. The van der Waals surface area contributed by atoms with Gasteiger partial charge in [-0.15, -0.1) is 0 Å². The molecule has 136 valence electrons. The highest BCUT2D eigenvalue weighted by molar-refractivity contribution is 5.48. The number of anilines is 2. The summed E-state index contributed by atoms with van der Waals surface area (Å²) in [4.78, 5) is 8.08. The summed E-state index contributed by atoms with van der Waals surface area (Å²) in [6.45, 7) is 5.26. The van der Waals surface area contributed by atoms with Crippen molar-refractivity contribution in [3.63, 3.8) is 0 Å². The molecule has 1 aliphatic heterocycles. The normalized spacial score (nSPS) is 17.5. The Morgan fingerprint density at radius 2 is 2.08 bits per heavy atom. The van der Waals surface area contributed by atoms with Crippen LogP contribution in [0.5, 0.6) is 0 Å². The number of nitrogen functional groups attached to an aromatic ring is 1. The van der Waals surface area contributed by atoms with E-state index in [0.717, 1.165) is 24.5 Å². The van der Waals surface area contributed by atoms with Crippen molar-refractivity contribution in [3.8, 4) is 0 Å². The molecule has 9 heteroatoms. The maximum atomic E-state index is 6.06. The van der Waals surface area contributed by atoms with Crippen molar-refractivity contribution in [2.75, 3.05) is 36.9 Å². The summed E-state index contributed by atoms with van der Waals surface area (Å²) in [5.41, 5.74) is 13.7. The lowest BCUT2D eigenvalue weighted by molar-refractivity contribution is 0.0228. The summed E-state index contributed by atoms with van der Waals surface area (Å²) in [7, 11) is 1.76. The molecule has 9 nitrogen and oxygen atoms in total. The van der Waals surface area contributed by atoms with E-state index in [-0.39, 0.29) is 12.1 Å². The molecule has 0 bridgehead atoms. The third kappa shape index (κ3) is 4.44. The van der Waals surface area contributed by atoms with Crippen molar-refractivity contribution in [1.82, 2.24) is 20.0 Å². The van der Waals surface area contributed by atoms with Crippen LogP contribution in [0.1, 0.15) is 24.3 Å². The van der Waals surface area contributed by atoms with Crippen LogP contribution in [0.25, 0.3) is 0 Å². The molecule has 0 radical (unpaired) electrons. The zero-order chi connectivity index (χ0) is 17.8. The Balaban J connectivity index is 1.72. The Morgan fingerprint density at radius 1 is 1.32 bits per heavy atom. The van der Waals surface area contributed by atoms with Crippen molar-refractivity contribution in [1.29, 1.82) is 0 Å². The van der Waals surface area contributed by atoms with Gasteiger partial charge >= 0.3 is 0 Å². The van der Waals surface area contributed by atoms with Crippen LogP contribution in [-0.4, -0.2) is 52.3 Å². The highest BCUT2D eigenvalue weighted by Gasteiger charge is 2.21. The summed E-state index contributed by atoms with van der Waals surface area (Å²) < 4.78 is 11.4. The lowest BCUT2D eigenvalue weighted by Crippen LogP contribution is -2.36. The van der Waals surface area contributed by atoms with Crippen LogP contribution in [0, 0.1) is 0 Å². The zero-order valence-electron chi connectivity index (χ0n) is 14.6. The van der Waals surface area contributed by atoms with E-state index >= 15 is 0 Å². The summed E-state index contributed by atoms with van der Waals surface area (Å²) in [5, 5.41) is 8.38. The van der Waals surface area contributed by atoms with Crippen LogP contribution in [0.4, 0.5) is 11.6 Å². The maximum absolute atomic E-state index is 6.06. The van der Waals surface area contributed by atoms with Crippen LogP contribution in [-0.2, 0) is 23.1 Å². The molecule has 1 fully saturated rings. The molecule has 3 rings (SSSR count). The van der Waals surface area contributed by atoms with Crippen LogP contribution < -0.4 is 16.4 Å². The van der Waals surface area contributed by atoms with Gasteiger partial charge in [-0.1, -0.05) is 0 Å². The zero-order valence-corrected chi connectivity index (χ0v) is 14.6. The summed E-state index contributed by atoms with van der Waals surface area (Å²) >= 11 is 0. The number of nitrogens with two attached hydrogens (primary N) is 2. The molecule has 2 aromatic heterocycles. The topological polar surface area (TPSA) is 117 Å². The molecular weight excluding hydrogens is 322 g/mol. The molecule has 0 saturated carbocycles. The van der Waals surface area contributed by atoms with Gasteiger partial charge in [-0.05, 0) is 24.6 Å². The van der Waals surface area contributed by atoms with E-state index in [1.54, 1.807) is 13.2 Å². The van der Waals surface area contributed by atoms with Crippen molar-refractivity contribution in [3.05, 3.63) is 29.6 Å². The number of rotatable bonds is 6. The second-order valence-electron chi connectivity index (χ2n) is 6.21. The fraction of sp³-hybridized carbons (Fsp3) is 0.562. The van der Waals surface area contributed by atoms with Crippen LogP contribution in [0.15, 0.2) is 18.3 Å². The summed E-state index contributed by atoms with van der Waals surface area (Å²) in [5.74, 6) is 1.32. The first-order valence-corrected chi connectivity index (χ1v) is 8.35. The van der Waals surface area contributed by atoms with Gasteiger partial charge in [0.15, 0.2) is 0 Å². The van der Waals surface area contributed by atoms with Crippen molar-refractivity contribution in [2.24, 2.45) is 12.8 Å². The van der Waals surface area contributed by atoms with E-state index < -0.39 is 0 Å². The number of pyridine rings is 1. The molecule has 3 heterocycles. The third-order valence-corrected chi connectivity index (χ3v) is 4.04. The lowest BCUT2D eigenvalue weighted by atomic mass is 10.1. The van der Waals surface area contributed by atoms with Crippen LogP contribution >= 0.6 is 0 Å². The van der Waals surface area contributed by atoms with E-state index in [0.29, 0.717) is 31.3 Å². The van der Waals surface area contributed by atoms with Gasteiger partial charge in [-0.2, -0.15) is 15.0 Å². The van der Waals surface area contributed by atoms with Crippen molar-refractivity contribution in [2.45, 2.75) is 25.7 Å². The summed E-state index contributed by atoms with van der Waals surface area (Å²) in [6.07, 6.45) is 1.34. The molecule has 1 aliphatic rings. The predicted molar refractivity (Wildman–Crippen MR) is 93.9 cm³/mol. The van der Waals surface area contributed by atoms with E-state index in [9.17, 15) is 0 Å². The highest BCUT2D eigenvalue weighted by Crippen LogP contribution is 2.22. The third-order valence-electron chi connectivity index (χ3n) is 4.04. The molecule has 2 unspecified atom stereocenters. The van der Waals surface area contributed by atoms with Gasteiger partial charge in [-0.3, -0.25) is 0 Å². The largest absolute Gasteiger partial charge is 0.384 e. The first-order chi connectivity index (χ1) is 12.0. The molecule has 2 atom stereocenters. The first-order valence-electron chi connectivity index (χ1n) is 8.35. The molecule has 4 N–H and O–H groups in total. The molecule has 2 aromatic rings. The second kappa shape index (κ2) is 7.77. The molecule has 25 heavy (non-hydrogen) atoms. The fourth-order valence-electron chi connectivity index (χ4n) is 2.82. The van der Waals surface area contributed by atoms with Gasteiger partial charge in [-0.25, -0.2) is 4.98 Å². The standard InChI is InChI=1S/C16H25N7O2/c1-11(17)16(13-9-19-22(2)21-13)25-10-12-7-14(18)20-15(8-12)23-3-5-24-6-4-23/h7-9,11,16H,3-6,10,17H2,1-2H3,(H2,18,20). The highest BCUT2D eigenvalue weighted by atomic mass is 16.5. The fourth-order valence-corrected chi connectivity index (χ4v) is 2.82. The van der Waals surface area contributed by atoms with E-state index in [4.69, 9.17) is 20.9 Å². The Kier molecular flexibility index (Phi) is 5.47. The number of aromatic nitrogens is 4. The van der Waals surface area contributed by atoms with Crippen molar-refractivity contribution >= 4 is 11.6 Å². The molecular formula is C16H25N7O2. The number of ether oxygens (including phenoxy) is 2. The number of hydrogen-bond donors (Lipinski definition) is 2. The number of hydrogen-bond acceptors (Lipinski definition) is 8. The molecule has 0 amide bonds. The Morgan fingerprint density at radius 3 is 2.72 bits per heavy atom. The van der Waals surface area contributed by atoms with Gasteiger partial charge in [0, 0.05) is 26.2 Å². The molecule has 0 spiro atoms. The number of aryl methyl sites for hydroxylation is 1. The van der Waals surface area contributed by atoms with Gasteiger partial charge in [0.1, 0.15) is 23.4 Å². The van der Waals surface area contributed by atoms with Crippen LogP contribution in [0.3, 0.4) is 0 Å². The molecule has 0 aromatic carbocycles. The quantitative estimate of drug-likeness (QED) is 0.763. The van der Waals surface area contributed by atoms with Crippen LogP contribution in [0.2, 0.25) is 0 Å². The molecule has 1 saturated heterocycles. The minimum absolute atomic E-state index is 0.213. The van der Waals surface area contributed by atoms with E-state index in [1.807, 2.05) is 19.1 Å². The van der Waals surface area contributed by atoms with Gasteiger partial charge in [0.05, 0.1) is 26.0 Å². The van der Waals surface area contributed by atoms with E-state index in [2.05, 4.69) is 20.1 Å². The van der Waals surface area contributed by atoms with Gasteiger partial charge in [0.2, 0.25) is 0 Å². The van der Waals surface area contributed by atoms with Gasteiger partial charge in [0.25, 0.3) is 0 Å². The maximum Gasteiger partial charge on any atom is 0.131 e. The SMILES string of the molecule is CC(N)C(OCc1cc(N)nc(N2CCOCC2)c1)c1cnn(C)n1. The average Bonchev–Trinajstić information content (AvgIpc) is 3.01. The molecule has 0 aliphatic carbocycles. The minimum Gasteiger partial charge on any atom is -0.384 e. The Bertz CT molecular complexity index is 698. The lowest BCUT2D eigenvalue weighted by Gasteiger charge is -2.28. The Hall–Kier alpha value is -2.23.